The number of carboxylic acids is 1. The minimum atomic E-state index is -1.10. The summed E-state index contributed by atoms with van der Waals surface area (Å²) in [6, 6.07) is 0. The van der Waals surface area contributed by atoms with Gasteiger partial charge in [0.25, 0.3) is 0 Å². The predicted octanol–water partition coefficient (Wildman–Crippen LogP) is 1.05. The number of nitrogens with zero attached hydrogens (tertiary/aromatic N) is 2. The van der Waals surface area contributed by atoms with Crippen molar-refractivity contribution in [3.63, 3.8) is 0 Å². The van der Waals surface area contributed by atoms with Crippen LogP contribution in [0, 0.1) is 18.3 Å². The standard InChI is InChI=1S/C13H21N3O3/c1-9-7-15-16(8-9)6-5-14-11(17)10(12(18)19)13(2,3)4/h7-8,10H,5-6H2,1-4H3,(H,14,17)(H,18,19). The van der Waals surface area contributed by atoms with Gasteiger partial charge in [0.1, 0.15) is 5.92 Å². The molecule has 19 heavy (non-hydrogen) atoms. The van der Waals surface area contributed by atoms with Crippen LogP contribution in [0.3, 0.4) is 0 Å². The van der Waals surface area contributed by atoms with Crippen LogP contribution in [0.15, 0.2) is 12.4 Å². The van der Waals surface area contributed by atoms with E-state index in [9.17, 15) is 9.59 Å². The largest absolute Gasteiger partial charge is 0.481 e. The van der Waals surface area contributed by atoms with Crippen molar-refractivity contribution in [1.82, 2.24) is 15.1 Å². The van der Waals surface area contributed by atoms with Crippen LogP contribution in [0.4, 0.5) is 0 Å². The summed E-state index contributed by atoms with van der Waals surface area (Å²) in [7, 11) is 0. The molecule has 1 amide bonds. The minimum absolute atomic E-state index is 0.361. The fourth-order valence-electron chi connectivity index (χ4n) is 1.86. The van der Waals surface area contributed by atoms with E-state index in [1.165, 1.54) is 0 Å². The van der Waals surface area contributed by atoms with Crippen LogP contribution in [0.2, 0.25) is 0 Å². The van der Waals surface area contributed by atoms with Crippen LogP contribution in [-0.2, 0) is 16.1 Å². The van der Waals surface area contributed by atoms with Gasteiger partial charge in [-0.25, -0.2) is 0 Å². The first kappa shape index (κ1) is 15.2. The molecule has 1 aromatic rings. The highest BCUT2D eigenvalue weighted by molar-refractivity contribution is 5.97. The van der Waals surface area contributed by atoms with Gasteiger partial charge in [-0.15, -0.1) is 0 Å². The zero-order valence-electron chi connectivity index (χ0n) is 11.8. The highest BCUT2D eigenvalue weighted by atomic mass is 16.4. The number of carbonyl (C=O) groups excluding carboxylic acids is 1. The Kier molecular flexibility index (Phi) is 4.69. The van der Waals surface area contributed by atoms with Crippen LogP contribution < -0.4 is 5.32 Å². The summed E-state index contributed by atoms with van der Waals surface area (Å²) in [6.07, 6.45) is 3.60. The molecule has 0 aromatic carbocycles. The summed E-state index contributed by atoms with van der Waals surface area (Å²) in [6.45, 7) is 8.03. The number of nitrogens with one attached hydrogen (secondary N) is 1. The van der Waals surface area contributed by atoms with Gasteiger partial charge in [0.15, 0.2) is 0 Å². The van der Waals surface area contributed by atoms with Gasteiger partial charge in [-0.1, -0.05) is 20.8 Å². The van der Waals surface area contributed by atoms with Gasteiger partial charge in [-0.05, 0) is 17.9 Å². The number of aliphatic carboxylic acids is 1. The predicted molar refractivity (Wildman–Crippen MR) is 70.6 cm³/mol. The Bertz CT molecular complexity index is 460. The first-order valence-electron chi connectivity index (χ1n) is 6.21. The summed E-state index contributed by atoms with van der Waals surface area (Å²) in [4.78, 5) is 23.1. The number of hydrogen-bond acceptors (Lipinski definition) is 3. The molecule has 0 spiro atoms. The van der Waals surface area contributed by atoms with Crippen molar-refractivity contribution in [3.8, 4) is 0 Å². The maximum absolute atomic E-state index is 11.9. The topological polar surface area (TPSA) is 84.2 Å². The summed E-state index contributed by atoms with van der Waals surface area (Å²) in [5.74, 6) is -2.60. The second kappa shape index (κ2) is 5.86. The van der Waals surface area contributed by atoms with Gasteiger partial charge in [-0.3, -0.25) is 14.3 Å². The molecule has 0 saturated heterocycles. The van der Waals surface area contributed by atoms with E-state index >= 15 is 0 Å². The van der Waals surface area contributed by atoms with Crippen LogP contribution in [0.25, 0.3) is 0 Å². The average molecular weight is 267 g/mol. The number of aryl methyl sites for hydroxylation is 1. The van der Waals surface area contributed by atoms with Gasteiger partial charge < -0.3 is 10.4 Å². The Hall–Kier alpha value is -1.85. The molecule has 2 N–H and O–H groups in total. The molecule has 1 atom stereocenters. The zero-order valence-corrected chi connectivity index (χ0v) is 11.8. The van der Waals surface area contributed by atoms with Gasteiger partial charge in [0.05, 0.1) is 12.7 Å². The second-order valence-corrected chi connectivity index (χ2v) is 5.71. The number of carboxylic acid groups (broad SMARTS) is 1. The molecule has 0 bridgehead atoms. The van der Waals surface area contributed by atoms with E-state index in [1.54, 1.807) is 31.6 Å². The van der Waals surface area contributed by atoms with Crippen molar-refractivity contribution in [3.05, 3.63) is 18.0 Å². The number of hydrogen-bond donors (Lipinski definition) is 2. The molecule has 0 saturated carbocycles. The van der Waals surface area contributed by atoms with Gasteiger partial charge in [-0.2, -0.15) is 5.10 Å². The molecule has 1 heterocycles. The molecule has 6 nitrogen and oxygen atoms in total. The fraction of sp³-hybridized carbons (Fsp3) is 0.615. The molecule has 0 aliphatic rings. The molecule has 1 rings (SSSR count). The lowest BCUT2D eigenvalue weighted by molar-refractivity contribution is -0.151. The van der Waals surface area contributed by atoms with Crippen molar-refractivity contribution in [1.29, 1.82) is 0 Å². The van der Waals surface area contributed by atoms with Crippen LogP contribution >= 0.6 is 0 Å². The lowest BCUT2D eigenvalue weighted by Crippen LogP contribution is -2.43. The van der Waals surface area contributed by atoms with Crippen molar-refractivity contribution in [2.24, 2.45) is 11.3 Å². The van der Waals surface area contributed by atoms with Crippen molar-refractivity contribution in [2.75, 3.05) is 6.54 Å². The third-order valence-electron chi connectivity index (χ3n) is 2.78. The molecule has 1 unspecified atom stereocenters. The summed E-state index contributed by atoms with van der Waals surface area (Å²) >= 11 is 0. The van der Waals surface area contributed by atoms with E-state index in [2.05, 4.69) is 10.4 Å². The van der Waals surface area contributed by atoms with Crippen LogP contribution in [-0.4, -0.2) is 33.3 Å². The highest BCUT2D eigenvalue weighted by Gasteiger charge is 2.37. The number of aromatic nitrogens is 2. The zero-order chi connectivity index (χ0) is 14.6. The number of amides is 1. The van der Waals surface area contributed by atoms with Crippen molar-refractivity contribution >= 4 is 11.9 Å². The van der Waals surface area contributed by atoms with E-state index in [1.807, 2.05) is 13.1 Å². The Morgan fingerprint density at radius 3 is 2.53 bits per heavy atom. The average Bonchev–Trinajstić information content (AvgIpc) is 2.61. The van der Waals surface area contributed by atoms with Gasteiger partial charge in [0.2, 0.25) is 5.91 Å². The maximum atomic E-state index is 11.9. The molecule has 0 radical (unpaired) electrons. The molecular formula is C13H21N3O3. The third kappa shape index (κ3) is 4.39. The maximum Gasteiger partial charge on any atom is 0.316 e. The quantitative estimate of drug-likeness (QED) is 0.781. The third-order valence-corrected chi connectivity index (χ3v) is 2.78. The molecule has 0 aliphatic carbocycles. The Labute approximate surface area is 112 Å². The van der Waals surface area contributed by atoms with Crippen LogP contribution in [0.1, 0.15) is 26.3 Å². The highest BCUT2D eigenvalue weighted by Crippen LogP contribution is 2.26. The SMILES string of the molecule is Cc1cnn(CCNC(=O)C(C(=O)O)C(C)(C)C)c1. The van der Waals surface area contributed by atoms with E-state index in [0.29, 0.717) is 13.1 Å². The van der Waals surface area contributed by atoms with Gasteiger partial charge >= 0.3 is 5.97 Å². The molecule has 1 aromatic heterocycles. The van der Waals surface area contributed by atoms with Crippen molar-refractivity contribution < 1.29 is 14.7 Å². The van der Waals surface area contributed by atoms with E-state index in [0.717, 1.165) is 5.56 Å². The summed E-state index contributed by atoms with van der Waals surface area (Å²) in [5.41, 5.74) is 0.433. The normalized spacial score (nSPS) is 13.1. The number of carbonyl (C=O) groups is 2. The molecule has 106 valence electrons. The Morgan fingerprint density at radius 2 is 2.11 bits per heavy atom. The summed E-state index contributed by atoms with van der Waals surface area (Å²) < 4.78 is 1.71. The second-order valence-electron chi connectivity index (χ2n) is 5.71. The first-order chi connectivity index (χ1) is 8.71. The smallest absolute Gasteiger partial charge is 0.316 e. The monoisotopic (exact) mass is 267 g/mol. The Morgan fingerprint density at radius 1 is 1.47 bits per heavy atom. The van der Waals surface area contributed by atoms with E-state index in [4.69, 9.17) is 5.11 Å². The van der Waals surface area contributed by atoms with Crippen LogP contribution in [0.5, 0.6) is 0 Å². The lowest BCUT2D eigenvalue weighted by Gasteiger charge is -2.25. The molecule has 6 heteroatoms. The number of rotatable bonds is 5. The molecule has 0 fully saturated rings. The van der Waals surface area contributed by atoms with E-state index in [-0.39, 0.29) is 0 Å². The van der Waals surface area contributed by atoms with E-state index < -0.39 is 23.2 Å². The Balaban J connectivity index is 2.52. The first-order valence-corrected chi connectivity index (χ1v) is 6.21. The summed E-state index contributed by atoms with van der Waals surface area (Å²) in [5, 5.41) is 15.9. The fourth-order valence-corrected chi connectivity index (χ4v) is 1.86. The van der Waals surface area contributed by atoms with Gasteiger partial charge in [0, 0.05) is 12.7 Å². The van der Waals surface area contributed by atoms with Crippen molar-refractivity contribution in [2.45, 2.75) is 34.2 Å². The lowest BCUT2D eigenvalue weighted by atomic mass is 9.80. The molecular weight excluding hydrogens is 246 g/mol. The minimum Gasteiger partial charge on any atom is -0.481 e. The molecule has 0 aliphatic heterocycles.